The van der Waals surface area contributed by atoms with Gasteiger partial charge in [0.2, 0.25) is 0 Å². The number of hydrogen-bond acceptors (Lipinski definition) is 5. The van der Waals surface area contributed by atoms with E-state index in [1.807, 2.05) is 12.3 Å². The molecule has 7 heteroatoms. The van der Waals surface area contributed by atoms with Crippen LogP contribution in [0.3, 0.4) is 0 Å². The van der Waals surface area contributed by atoms with Crippen LogP contribution in [-0.4, -0.2) is 32.9 Å². The summed E-state index contributed by atoms with van der Waals surface area (Å²) in [6.07, 6.45) is 3.57. The Hall–Kier alpha value is -0.950. The van der Waals surface area contributed by atoms with E-state index in [1.165, 1.54) is 24.2 Å². The molecule has 0 spiro atoms. The molecule has 1 aliphatic rings. The summed E-state index contributed by atoms with van der Waals surface area (Å²) in [5, 5.41) is 1.97. The van der Waals surface area contributed by atoms with Crippen LogP contribution in [0.2, 0.25) is 0 Å². The van der Waals surface area contributed by atoms with Gasteiger partial charge in [-0.1, -0.05) is 6.42 Å². The molecule has 2 aromatic heterocycles. The second-order valence-electron chi connectivity index (χ2n) is 5.97. The van der Waals surface area contributed by atoms with Gasteiger partial charge in [0.1, 0.15) is 0 Å². The maximum atomic E-state index is 12.2. The molecular formula is C15H23ClN4OS. The summed E-state index contributed by atoms with van der Waals surface area (Å²) in [4.78, 5) is 20.0. The Bertz CT molecular complexity index is 696. The fourth-order valence-corrected chi connectivity index (χ4v) is 4.09. The maximum Gasteiger partial charge on any atom is 0.259 e. The number of hydrogen-bond donors (Lipinski definition) is 1. The lowest BCUT2D eigenvalue weighted by atomic mass is 9.97. The Morgan fingerprint density at radius 3 is 3.00 bits per heavy atom. The minimum atomic E-state index is 0. The van der Waals surface area contributed by atoms with Crippen molar-refractivity contribution in [3.05, 3.63) is 33.2 Å². The highest BCUT2D eigenvalue weighted by Crippen LogP contribution is 2.21. The second-order valence-corrected chi connectivity index (χ2v) is 6.81. The molecule has 2 N–H and O–H groups in total. The standard InChI is InChI=1S/C15H22N4OS.ClH/c1-10-9-21-15-17-12(7-14(20)19(10)15)8-18-6-4-3-5-13(18)11(2)16;/h7,9,11,13H,3-6,8,16H2,1-2H3;1H. The Morgan fingerprint density at radius 2 is 2.27 bits per heavy atom. The Kier molecular flexibility index (Phi) is 5.60. The predicted octanol–water partition coefficient (Wildman–Crippen LogP) is 2.19. The molecule has 3 rings (SSSR count). The summed E-state index contributed by atoms with van der Waals surface area (Å²) in [6, 6.07) is 2.21. The van der Waals surface area contributed by atoms with Crippen molar-refractivity contribution < 1.29 is 0 Å². The monoisotopic (exact) mass is 342 g/mol. The average molecular weight is 343 g/mol. The van der Waals surface area contributed by atoms with Gasteiger partial charge >= 0.3 is 0 Å². The van der Waals surface area contributed by atoms with E-state index in [9.17, 15) is 4.79 Å². The van der Waals surface area contributed by atoms with Gasteiger partial charge in [-0.25, -0.2) is 4.98 Å². The van der Waals surface area contributed by atoms with Gasteiger partial charge in [0.15, 0.2) is 4.96 Å². The summed E-state index contributed by atoms with van der Waals surface area (Å²) in [7, 11) is 0. The third-order valence-electron chi connectivity index (χ3n) is 4.26. The summed E-state index contributed by atoms with van der Waals surface area (Å²) >= 11 is 1.52. The van der Waals surface area contributed by atoms with Gasteiger partial charge in [-0.15, -0.1) is 23.7 Å². The number of aromatic nitrogens is 2. The fourth-order valence-electron chi connectivity index (χ4n) is 3.20. The van der Waals surface area contributed by atoms with Crippen LogP contribution in [0.1, 0.15) is 37.6 Å². The Labute approximate surface area is 140 Å². The number of nitrogens with zero attached hydrogens (tertiary/aromatic N) is 3. The maximum absolute atomic E-state index is 12.2. The first-order valence-electron chi connectivity index (χ1n) is 7.52. The molecule has 2 aromatic rings. The second kappa shape index (κ2) is 7.08. The van der Waals surface area contributed by atoms with Crippen LogP contribution in [0.15, 0.2) is 16.2 Å². The van der Waals surface area contributed by atoms with Gasteiger partial charge in [-0.05, 0) is 33.2 Å². The number of fused-ring (bicyclic) bond motifs is 1. The number of nitrogens with two attached hydrogens (primary N) is 1. The zero-order valence-electron chi connectivity index (χ0n) is 13.0. The first kappa shape index (κ1) is 17.4. The lowest BCUT2D eigenvalue weighted by Gasteiger charge is -2.37. The van der Waals surface area contributed by atoms with Crippen molar-refractivity contribution in [1.82, 2.24) is 14.3 Å². The average Bonchev–Trinajstić information content (AvgIpc) is 2.81. The van der Waals surface area contributed by atoms with Gasteiger partial charge in [0.05, 0.1) is 5.69 Å². The molecule has 1 aliphatic heterocycles. The largest absolute Gasteiger partial charge is 0.327 e. The third-order valence-corrected chi connectivity index (χ3v) is 5.21. The van der Waals surface area contributed by atoms with E-state index < -0.39 is 0 Å². The topological polar surface area (TPSA) is 63.6 Å². The minimum Gasteiger partial charge on any atom is -0.327 e. The van der Waals surface area contributed by atoms with Crippen LogP contribution in [0.4, 0.5) is 0 Å². The number of thiazole rings is 1. The number of halogens is 1. The molecule has 2 atom stereocenters. The van der Waals surface area contributed by atoms with Crippen LogP contribution >= 0.6 is 23.7 Å². The van der Waals surface area contributed by atoms with Crippen molar-refractivity contribution in [2.75, 3.05) is 6.54 Å². The highest BCUT2D eigenvalue weighted by Gasteiger charge is 2.25. The molecule has 0 bridgehead atoms. The zero-order valence-corrected chi connectivity index (χ0v) is 14.6. The normalized spacial score (nSPS) is 20.8. The molecular weight excluding hydrogens is 320 g/mol. The van der Waals surface area contributed by atoms with E-state index in [1.54, 1.807) is 10.5 Å². The molecule has 3 heterocycles. The lowest BCUT2D eigenvalue weighted by molar-refractivity contribution is 0.121. The van der Waals surface area contributed by atoms with E-state index in [4.69, 9.17) is 5.73 Å². The molecule has 0 amide bonds. The van der Waals surface area contributed by atoms with E-state index >= 15 is 0 Å². The van der Waals surface area contributed by atoms with E-state index in [0.29, 0.717) is 6.04 Å². The number of aryl methyl sites for hydroxylation is 1. The summed E-state index contributed by atoms with van der Waals surface area (Å²) in [6.45, 7) is 5.76. The van der Waals surface area contributed by atoms with E-state index in [-0.39, 0.29) is 24.0 Å². The number of likely N-dealkylation sites (tertiary alicyclic amines) is 1. The first-order chi connectivity index (χ1) is 10.1. The molecule has 22 heavy (non-hydrogen) atoms. The van der Waals surface area contributed by atoms with Gasteiger partial charge in [-0.3, -0.25) is 14.1 Å². The van der Waals surface area contributed by atoms with Crippen LogP contribution in [-0.2, 0) is 6.54 Å². The zero-order chi connectivity index (χ0) is 15.0. The molecule has 0 aliphatic carbocycles. The summed E-state index contributed by atoms with van der Waals surface area (Å²) in [5.74, 6) is 0. The van der Waals surface area contributed by atoms with Crippen molar-refractivity contribution >= 4 is 28.7 Å². The molecule has 1 fully saturated rings. The third kappa shape index (κ3) is 3.35. The van der Waals surface area contributed by atoms with E-state index in [2.05, 4.69) is 16.8 Å². The van der Waals surface area contributed by atoms with Crippen molar-refractivity contribution in [2.24, 2.45) is 5.73 Å². The smallest absolute Gasteiger partial charge is 0.259 e. The van der Waals surface area contributed by atoms with Gasteiger partial charge in [0.25, 0.3) is 5.56 Å². The van der Waals surface area contributed by atoms with Crippen LogP contribution in [0.25, 0.3) is 4.96 Å². The fraction of sp³-hybridized carbons (Fsp3) is 0.600. The first-order valence-corrected chi connectivity index (χ1v) is 8.40. The van der Waals surface area contributed by atoms with Gasteiger partial charge in [0, 0.05) is 35.8 Å². The van der Waals surface area contributed by atoms with Gasteiger partial charge < -0.3 is 5.73 Å². The molecule has 122 valence electrons. The molecule has 0 aromatic carbocycles. The SMILES string of the molecule is Cc1csc2nc(CN3CCCCC3C(C)N)cc(=O)n12.Cl. The molecule has 2 unspecified atom stereocenters. The Balaban J connectivity index is 0.00000176. The molecule has 5 nitrogen and oxygen atoms in total. The van der Waals surface area contributed by atoms with E-state index in [0.717, 1.165) is 35.9 Å². The summed E-state index contributed by atoms with van der Waals surface area (Å²) < 4.78 is 1.67. The van der Waals surface area contributed by atoms with Crippen molar-refractivity contribution in [3.63, 3.8) is 0 Å². The van der Waals surface area contributed by atoms with Crippen LogP contribution in [0.5, 0.6) is 0 Å². The lowest BCUT2D eigenvalue weighted by Crippen LogP contribution is -2.48. The van der Waals surface area contributed by atoms with Crippen molar-refractivity contribution in [2.45, 2.75) is 51.7 Å². The van der Waals surface area contributed by atoms with Crippen LogP contribution < -0.4 is 11.3 Å². The highest BCUT2D eigenvalue weighted by molar-refractivity contribution is 7.15. The Morgan fingerprint density at radius 1 is 1.50 bits per heavy atom. The predicted molar refractivity (Wildman–Crippen MR) is 93.0 cm³/mol. The van der Waals surface area contributed by atoms with Gasteiger partial charge in [-0.2, -0.15) is 0 Å². The number of rotatable bonds is 3. The van der Waals surface area contributed by atoms with Crippen molar-refractivity contribution in [3.8, 4) is 0 Å². The summed E-state index contributed by atoms with van der Waals surface area (Å²) in [5.41, 5.74) is 7.93. The molecule has 1 saturated heterocycles. The minimum absolute atomic E-state index is 0. The quantitative estimate of drug-likeness (QED) is 0.928. The number of piperidine rings is 1. The molecule has 0 radical (unpaired) electrons. The highest BCUT2D eigenvalue weighted by atomic mass is 35.5. The van der Waals surface area contributed by atoms with Crippen molar-refractivity contribution in [1.29, 1.82) is 0 Å². The molecule has 0 saturated carbocycles. The van der Waals surface area contributed by atoms with Crippen LogP contribution in [0, 0.1) is 6.92 Å².